The lowest BCUT2D eigenvalue weighted by molar-refractivity contribution is -0.153. The Morgan fingerprint density at radius 3 is 2.64 bits per heavy atom. The summed E-state index contributed by atoms with van der Waals surface area (Å²) in [5.41, 5.74) is 0. The topological polar surface area (TPSA) is 14.2 Å². The molecule has 0 N–H and O–H groups in total. The third-order valence-corrected chi connectivity index (χ3v) is 2.24. The molecule has 2 nitrogen and oxygen atoms in total. The number of aromatic nitrogens is 1. The van der Waals surface area contributed by atoms with Gasteiger partial charge in [0, 0.05) is 19.4 Å². The van der Waals surface area contributed by atoms with Crippen LogP contribution in [0.2, 0.25) is 0 Å². The smallest absolute Gasteiger partial charge is 0.395 e. The molecule has 1 aromatic heterocycles. The van der Waals surface area contributed by atoms with Crippen molar-refractivity contribution in [2.75, 3.05) is 0 Å². The van der Waals surface area contributed by atoms with Gasteiger partial charge in [-0.05, 0) is 12.5 Å². The van der Waals surface area contributed by atoms with E-state index in [-0.39, 0.29) is 6.42 Å². The van der Waals surface area contributed by atoms with Gasteiger partial charge in [0.1, 0.15) is 11.9 Å². The lowest BCUT2D eigenvalue weighted by atomic mass is 10.4. The highest BCUT2D eigenvalue weighted by Crippen LogP contribution is 2.46. The molecule has 1 saturated carbocycles. The predicted octanol–water partition coefficient (Wildman–Crippen LogP) is 2.35. The van der Waals surface area contributed by atoms with Gasteiger partial charge in [-0.15, -0.1) is 0 Å². The van der Waals surface area contributed by atoms with Gasteiger partial charge in [0.15, 0.2) is 0 Å². The van der Waals surface area contributed by atoms with Crippen LogP contribution in [-0.2, 0) is 7.05 Å². The van der Waals surface area contributed by atoms with Gasteiger partial charge in [-0.3, -0.25) is 0 Å². The van der Waals surface area contributed by atoms with Crippen molar-refractivity contribution in [2.24, 2.45) is 13.0 Å². The number of hydrogen-bond acceptors (Lipinski definition) is 1. The van der Waals surface area contributed by atoms with Crippen molar-refractivity contribution in [3.05, 3.63) is 18.5 Å². The van der Waals surface area contributed by atoms with E-state index in [9.17, 15) is 13.2 Å². The van der Waals surface area contributed by atoms with E-state index in [4.69, 9.17) is 4.74 Å². The Kier molecular flexibility index (Phi) is 1.97. The summed E-state index contributed by atoms with van der Waals surface area (Å²) in [6, 6.07) is 1.66. The molecule has 0 aromatic carbocycles. The number of halogens is 3. The average molecular weight is 205 g/mol. The van der Waals surface area contributed by atoms with Crippen molar-refractivity contribution in [3.8, 4) is 5.75 Å². The quantitative estimate of drug-likeness (QED) is 0.722. The molecule has 14 heavy (non-hydrogen) atoms. The van der Waals surface area contributed by atoms with Crippen molar-refractivity contribution < 1.29 is 17.9 Å². The zero-order valence-corrected chi connectivity index (χ0v) is 7.58. The number of hydrogen-bond donors (Lipinski definition) is 0. The van der Waals surface area contributed by atoms with E-state index in [1.54, 1.807) is 30.1 Å². The largest absolute Gasteiger partial charge is 0.488 e. The Bertz CT molecular complexity index is 331. The molecular formula is C9H10F3NO. The summed E-state index contributed by atoms with van der Waals surface area (Å²) >= 11 is 0. The maximum Gasteiger partial charge on any atom is 0.395 e. The van der Waals surface area contributed by atoms with E-state index in [0.717, 1.165) is 0 Å². The second-order valence-electron chi connectivity index (χ2n) is 3.55. The number of nitrogens with zero attached hydrogens (tertiary/aromatic N) is 1. The molecule has 0 saturated heterocycles. The molecule has 0 unspecified atom stereocenters. The van der Waals surface area contributed by atoms with Crippen LogP contribution in [0.1, 0.15) is 6.42 Å². The van der Waals surface area contributed by atoms with Gasteiger partial charge >= 0.3 is 6.18 Å². The summed E-state index contributed by atoms with van der Waals surface area (Å²) < 4.78 is 43.2. The Morgan fingerprint density at radius 2 is 2.21 bits per heavy atom. The van der Waals surface area contributed by atoms with Gasteiger partial charge in [0.25, 0.3) is 0 Å². The zero-order valence-electron chi connectivity index (χ0n) is 7.58. The lowest BCUT2D eigenvalue weighted by Gasteiger charge is -2.05. The summed E-state index contributed by atoms with van der Waals surface area (Å²) in [6.07, 6.45) is -1.32. The summed E-state index contributed by atoms with van der Waals surface area (Å²) in [7, 11) is 1.79. The van der Waals surface area contributed by atoms with Crippen LogP contribution in [0, 0.1) is 5.92 Å². The number of aryl methyl sites for hydroxylation is 1. The van der Waals surface area contributed by atoms with E-state index in [2.05, 4.69) is 0 Å². The molecular weight excluding hydrogens is 195 g/mol. The Hall–Kier alpha value is -1.13. The van der Waals surface area contributed by atoms with Gasteiger partial charge in [-0.1, -0.05) is 0 Å². The van der Waals surface area contributed by atoms with E-state index in [1.807, 2.05) is 0 Å². The van der Waals surface area contributed by atoms with Crippen LogP contribution >= 0.6 is 0 Å². The second-order valence-corrected chi connectivity index (χ2v) is 3.55. The van der Waals surface area contributed by atoms with Crippen molar-refractivity contribution >= 4 is 0 Å². The zero-order chi connectivity index (χ0) is 10.3. The SMILES string of the molecule is Cn1ccc(O[C@@H]2C[C@H]2C(F)(F)F)c1. The van der Waals surface area contributed by atoms with Crippen LogP contribution in [0.5, 0.6) is 5.75 Å². The first-order valence-corrected chi connectivity index (χ1v) is 4.32. The maximum absolute atomic E-state index is 12.1. The van der Waals surface area contributed by atoms with Crippen molar-refractivity contribution in [2.45, 2.75) is 18.7 Å². The summed E-state index contributed by atoms with van der Waals surface area (Å²) in [5.74, 6) is -0.771. The first-order chi connectivity index (χ1) is 6.47. The van der Waals surface area contributed by atoms with E-state index >= 15 is 0 Å². The average Bonchev–Trinajstić information content (AvgIpc) is 2.69. The number of ether oxygens (including phenoxy) is 1. The molecule has 0 bridgehead atoms. The van der Waals surface area contributed by atoms with E-state index in [1.165, 1.54) is 0 Å². The number of rotatable bonds is 2. The molecule has 1 fully saturated rings. The van der Waals surface area contributed by atoms with Crippen molar-refractivity contribution in [3.63, 3.8) is 0 Å². The fourth-order valence-corrected chi connectivity index (χ4v) is 1.37. The molecule has 2 rings (SSSR count). The van der Waals surface area contributed by atoms with Crippen LogP contribution in [0.3, 0.4) is 0 Å². The fourth-order valence-electron chi connectivity index (χ4n) is 1.37. The Labute approximate surface area is 79.3 Å². The van der Waals surface area contributed by atoms with Crippen molar-refractivity contribution in [1.29, 1.82) is 0 Å². The first kappa shape index (κ1) is 9.43. The highest BCUT2D eigenvalue weighted by atomic mass is 19.4. The van der Waals surface area contributed by atoms with Crippen LogP contribution in [-0.4, -0.2) is 16.8 Å². The fraction of sp³-hybridized carbons (Fsp3) is 0.556. The predicted molar refractivity (Wildman–Crippen MR) is 44.0 cm³/mol. The molecule has 1 aliphatic carbocycles. The van der Waals surface area contributed by atoms with Crippen molar-refractivity contribution in [1.82, 2.24) is 4.57 Å². The molecule has 0 spiro atoms. The van der Waals surface area contributed by atoms with Gasteiger partial charge in [0.2, 0.25) is 0 Å². The standard InChI is InChI=1S/C9H10F3NO/c1-13-3-2-6(5-13)14-8-4-7(8)9(10,11)12/h2-3,5,7-8H,4H2,1H3/t7-,8-/m1/s1. The first-order valence-electron chi connectivity index (χ1n) is 4.32. The minimum Gasteiger partial charge on any atom is -0.488 e. The second kappa shape index (κ2) is 2.93. The molecule has 0 aliphatic heterocycles. The molecule has 5 heteroatoms. The maximum atomic E-state index is 12.1. The van der Waals surface area contributed by atoms with Crippen LogP contribution in [0.4, 0.5) is 13.2 Å². The minimum atomic E-state index is -4.11. The van der Waals surface area contributed by atoms with Crippen LogP contribution in [0.25, 0.3) is 0 Å². The number of alkyl halides is 3. The molecule has 2 atom stereocenters. The summed E-state index contributed by atoms with van der Waals surface area (Å²) in [5, 5.41) is 0. The normalized spacial score (nSPS) is 26.3. The highest BCUT2D eigenvalue weighted by Gasteiger charge is 2.57. The molecule has 1 aliphatic rings. The molecule has 1 aromatic rings. The molecule has 78 valence electrons. The van der Waals surface area contributed by atoms with Gasteiger partial charge in [0.05, 0.1) is 5.92 Å². The highest BCUT2D eigenvalue weighted by molar-refractivity contribution is 5.19. The third-order valence-electron chi connectivity index (χ3n) is 2.24. The minimum absolute atomic E-state index is 0.0817. The Balaban J connectivity index is 1.90. The van der Waals surface area contributed by atoms with E-state index < -0.39 is 18.2 Å². The molecule has 0 radical (unpaired) electrons. The van der Waals surface area contributed by atoms with E-state index in [0.29, 0.717) is 5.75 Å². The van der Waals surface area contributed by atoms with Crippen LogP contribution in [0.15, 0.2) is 18.5 Å². The Morgan fingerprint density at radius 1 is 1.50 bits per heavy atom. The third kappa shape index (κ3) is 1.86. The lowest BCUT2D eigenvalue weighted by Crippen LogP contribution is -2.15. The van der Waals surface area contributed by atoms with Gasteiger partial charge in [-0.25, -0.2) is 0 Å². The molecule has 0 amide bonds. The van der Waals surface area contributed by atoms with Crippen LogP contribution < -0.4 is 4.74 Å². The molecule has 1 heterocycles. The monoisotopic (exact) mass is 205 g/mol. The van der Waals surface area contributed by atoms with Gasteiger partial charge < -0.3 is 9.30 Å². The van der Waals surface area contributed by atoms with Gasteiger partial charge in [-0.2, -0.15) is 13.2 Å². The summed E-state index contributed by atoms with van der Waals surface area (Å²) in [4.78, 5) is 0. The summed E-state index contributed by atoms with van der Waals surface area (Å²) in [6.45, 7) is 0.